The number of rotatable bonds is 10. The quantitative estimate of drug-likeness (QED) is 0.216. The first kappa shape index (κ1) is 32.3. The van der Waals surface area contributed by atoms with Crippen LogP contribution in [0.5, 0.6) is 0 Å². The van der Waals surface area contributed by atoms with E-state index in [1.165, 1.54) is 4.90 Å². The highest BCUT2D eigenvalue weighted by Gasteiger charge is 2.34. The van der Waals surface area contributed by atoms with Crippen molar-refractivity contribution in [2.24, 2.45) is 0 Å². The largest absolute Gasteiger partial charge is 0.350 e. The number of hydrogen-bond acceptors (Lipinski definition) is 4. The van der Waals surface area contributed by atoms with E-state index in [1.807, 2.05) is 81.4 Å². The van der Waals surface area contributed by atoms with Gasteiger partial charge in [0.2, 0.25) is 21.8 Å². The van der Waals surface area contributed by atoms with E-state index in [0.29, 0.717) is 26.7 Å². The van der Waals surface area contributed by atoms with Gasteiger partial charge < -0.3 is 10.2 Å². The highest BCUT2D eigenvalue weighted by molar-refractivity contribution is 7.92. The SMILES string of the molecule is CC(C)(C)NC(=O)[C@H](Cc1ccccc1)N(Cc1ccc(Cl)c(Cl)c1)C(=O)CN(c1cccc2ccccc12)S(C)(=O)=O. The van der Waals surface area contributed by atoms with Gasteiger partial charge in [0.25, 0.3) is 0 Å². The molecule has 0 aliphatic heterocycles. The van der Waals surface area contributed by atoms with Crippen molar-refractivity contribution in [2.75, 3.05) is 17.1 Å². The summed E-state index contributed by atoms with van der Waals surface area (Å²) in [6.07, 6.45) is 1.28. The molecule has 1 N–H and O–H groups in total. The Morgan fingerprint density at radius 2 is 1.49 bits per heavy atom. The van der Waals surface area contributed by atoms with Crippen molar-refractivity contribution >= 4 is 61.5 Å². The zero-order chi connectivity index (χ0) is 31.4. The van der Waals surface area contributed by atoms with Crippen molar-refractivity contribution in [3.8, 4) is 0 Å². The Morgan fingerprint density at radius 3 is 2.14 bits per heavy atom. The van der Waals surface area contributed by atoms with Crippen LogP contribution >= 0.6 is 23.2 Å². The lowest BCUT2D eigenvalue weighted by molar-refractivity contribution is -0.140. The van der Waals surface area contributed by atoms with Crippen LogP contribution in [0, 0.1) is 0 Å². The molecule has 43 heavy (non-hydrogen) atoms. The predicted molar refractivity (Wildman–Crippen MR) is 175 cm³/mol. The van der Waals surface area contributed by atoms with E-state index >= 15 is 0 Å². The molecule has 4 rings (SSSR count). The molecule has 226 valence electrons. The van der Waals surface area contributed by atoms with E-state index in [9.17, 15) is 18.0 Å². The monoisotopic (exact) mass is 639 g/mol. The number of anilines is 1. The second kappa shape index (κ2) is 13.4. The van der Waals surface area contributed by atoms with Crippen molar-refractivity contribution < 1.29 is 18.0 Å². The van der Waals surface area contributed by atoms with Crippen LogP contribution in [0.2, 0.25) is 10.0 Å². The van der Waals surface area contributed by atoms with Gasteiger partial charge in [0, 0.05) is 23.9 Å². The molecule has 10 heteroatoms. The number of hydrogen-bond donors (Lipinski definition) is 1. The highest BCUT2D eigenvalue weighted by Crippen LogP contribution is 2.29. The molecule has 0 spiro atoms. The maximum atomic E-state index is 14.3. The fraction of sp³-hybridized carbons (Fsp3) is 0.273. The molecule has 4 aromatic carbocycles. The van der Waals surface area contributed by atoms with Crippen LogP contribution in [0.4, 0.5) is 5.69 Å². The van der Waals surface area contributed by atoms with Gasteiger partial charge >= 0.3 is 0 Å². The van der Waals surface area contributed by atoms with Crippen molar-refractivity contribution in [3.63, 3.8) is 0 Å². The van der Waals surface area contributed by atoms with Gasteiger partial charge in [-0.25, -0.2) is 8.42 Å². The average Bonchev–Trinajstić information content (AvgIpc) is 2.94. The number of carbonyl (C=O) groups excluding carboxylic acids is 2. The summed E-state index contributed by atoms with van der Waals surface area (Å²) in [6, 6.07) is 26.1. The Morgan fingerprint density at radius 1 is 0.837 bits per heavy atom. The third-order valence-electron chi connectivity index (χ3n) is 6.82. The summed E-state index contributed by atoms with van der Waals surface area (Å²) in [5.74, 6) is -0.907. The summed E-state index contributed by atoms with van der Waals surface area (Å²) in [6.45, 7) is 5.07. The van der Waals surface area contributed by atoms with E-state index in [2.05, 4.69) is 5.32 Å². The van der Waals surface area contributed by atoms with Gasteiger partial charge in [0.05, 0.1) is 22.0 Å². The Labute approximate surface area is 263 Å². The number of carbonyl (C=O) groups is 2. The van der Waals surface area contributed by atoms with Crippen LogP contribution in [-0.4, -0.2) is 49.5 Å². The standard InChI is InChI=1S/C33H35Cl2N3O4S/c1-33(2,3)36-32(40)30(20-23-11-6-5-7-12-23)37(21-24-17-18-27(34)28(35)19-24)31(39)22-38(43(4,41)42)29-16-10-14-25-13-8-9-15-26(25)29/h5-19,30H,20-22H2,1-4H3,(H,36,40)/t30-/m0/s1. The average molecular weight is 641 g/mol. The van der Waals surface area contributed by atoms with E-state index in [4.69, 9.17) is 23.2 Å². The molecule has 0 saturated carbocycles. The summed E-state index contributed by atoms with van der Waals surface area (Å²) in [7, 11) is -3.91. The number of nitrogens with one attached hydrogen (secondary N) is 1. The zero-order valence-electron chi connectivity index (χ0n) is 24.6. The summed E-state index contributed by atoms with van der Waals surface area (Å²) in [5, 5.41) is 5.19. The molecule has 0 bridgehead atoms. The zero-order valence-corrected chi connectivity index (χ0v) is 26.9. The molecule has 0 aliphatic carbocycles. The highest BCUT2D eigenvalue weighted by atomic mass is 35.5. The molecule has 1 atom stereocenters. The van der Waals surface area contributed by atoms with Gasteiger partial charge in [-0.1, -0.05) is 96.0 Å². The maximum Gasteiger partial charge on any atom is 0.244 e. The minimum absolute atomic E-state index is 0.00206. The van der Waals surface area contributed by atoms with Gasteiger partial charge in [-0.05, 0) is 55.5 Å². The molecule has 0 aromatic heterocycles. The van der Waals surface area contributed by atoms with Crippen molar-refractivity contribution in [1.82, 2.24) is 10.2 Å². The molecule has 0 unspecified atom stereocenters. The topological polar surface area (TPSA) is 86.8 Å². The first-order valence-electron chi connectivity index (χ1n) is 13.8. The predicted octanol–water partition coefficient (Wildman–Crippen LogP) is 6.47. The first-order chi connectivity index (χ1) is 20.2. The van der Waals surface area contributed by atoms with Gasteiger partial charge in [0.15, 0.2) is 0 Å². The third kappa shape index (κ3) is 8.50. The van der Waals surface area contributed by atoms with Crippen LogP contribution in [0.25, 0.3) is 10.8 Å². The fourth-order valence-electron chi connectivity index (χ4n) is 4.86. The molecule has 4 aromatic rings. The molecule has 0 fully saturated rings. The maximum absolute atomic E-state index is 14.3. The van der Waals surface area contributed by atoms with Crippen LogP contribution < -0.4 is 9.62 Å². The van der Waals surface area contributed by atoms with Crippen LogP contribution in [-0.2, 0) is 32.6 Å². The second-order valence-corrected chi connectivity index (χ2v) is 14.2. The molecular weight excluding hydrogens is 605 g/mol. The first-order valence-corrected chi connectivity index (χ1v) is 16.4. The summed E-state index contributed by atoms with van der Waals surface area (Å²) >= 11 is 12.5. The van der Waals surface area contributed by atoms with Crippen LogP contribution in [0.1, 0.15) is 31.9 Å². The number of nitrogens with zero attached hydrogens (tertiary/aromatic N) is 2. The molecule has 0 saturated heterocycles. The Balaban J connectivity index is 1.81. The molecular formula is C33H35Cl2N3O4S. The Bertz CT molecular complexity index is 1720. The third-order valence-corrected chi connectivity index (χ3v) is 8.69. The number of amides is 2. The van der Waals surface area contributed by atoms with Gasteiger partial charge in [-0.15, -0.1) is 0 Å². The second-order valence-electron chi connectivity index (χ2n) is 11.5. The number of benzene rings is 4. The van der Waals surface area contributed by atoms with Gasteiger partial charge in [-0.2, -0.15) is 0 Å². The van der Waals surface area contributed by atoms with E-state index < -0.39 is 34.1 Å². The fourth-order valence-corrected chi connectivity index (χ4v) is 6.04. The Kier molecular flexibility index (Phi) is 10.1. The van der Waals surface area contributed by atoms with Gasteiger partial charge in [0.1, 0.15) is 12.6 Å². The van der Waals surface area contributed by atoms with E-state index in [1.54, 1.807) is 30.3 Å². The molecule has 0 radical (unpaired) electrons. The molecule has 0 heterocycles. The summed E-state index contributed by atoms with van der Waals surface area (Å²) < 4.78 is 27.5. The van der Waals surface area contributed by atoms with Crippen LogP contribution in [0.15, 0.2) is 91.0 Å². The number of fused-ring (bicyclic) bond motifs is 1. The minimum atomic E-state index is -3.91. The van der Waals surface area contributed by atoms with E-state index in [-0.39, 0.29) is 18.9 Å². The van der Waals surface area contributed by atoms with Crippen molar-refractivity contribution in [1.29, 1.82) is 0 Å². The normalized spacial score (nSPS) is 12.5. The number of sulfonamides is 1. The van der Waals surface area contributed by atoms with Crippen LogP contribution in [0.3, 0.4) is 0 Å². The van der Waals surface area contributed by atoms with E-state index in [0.717, 1.165) is 21.5 Å². The molecule has 7 nitrogen and oxygen atoms in total. The van der Waals surface area contributed by atoms with Gasteiger partial charge in [-0.3, -0.25) is 13.9 Å². The smallest absolute Gasteiger partial charge is 0.244 e. The Hall–Kier alpha value is -3.59. The van der Waals surface area contributed by atoms with Crippen molar-refractivity contribution in [3.05, 3.63) is 112 Å². The molecule has 2 amide bonds. The van der Waals surface area contributed by atoms with Crippen molar-refractivity contribution in [2.45, 2.75) is 45.3 Å². The summed E-state index contributed by atoms with van der Waals surface area (Å²) in [4.78, 5) is 29.6. The summed E-state index contributed by atoms with van der Waals surface area (Å²) in [5.41, 5.74) is 1.28. The lowest BCUT2D eigenvalue weighted by atomic mass is 10.0. The number of halogens is 2. The lowest BCUT2D eigenvalue weighted by Crippen LogP contribution is -2.56. The minimum Gasteiger partial charge on any atom is -0.350 e. The molecule has 0 aliphatic rings. The lowest BCUT2D eigenvalue weighted by Gasteiger charge is -2.35.